The third-order valence-electron chi connectivity index (χ3n) is 17.8. The molecular formula is C45H65N3O. The smallest absolute Gasteiger partial charge is 0.229 e. The Morgan fingerprint density at radius 2 is 1.61 bits per heavy atom. The number of rotatable bonds is 4. The van der Waals surface area contributed by atoms with Crippen molar-refractivity contribution in [1.82, 2.24) is 14.5 Å². The highest BCUT2D eigenvalue weighted by atomic mass is 16.2. The van der Waals surface area contributed by atoms with E-state index in [9.17, 15) is 0 Å². The van der Waals surface area contributed by atoms with Crippen molar-refractivity contribution in [3.05, 3.63) is 54.5 Å². The zero-order valence-corrected chi connectivity index (χ0v) is 32.2. The third kappa shape index (κ3) is 4.52. The molecule has 6 aliphatic rings. The van der Waals surface area contributed by atoms with Crippen LogP contribution < -0.4 is 0 Å². The molecule has 49 heavy (non-hydrogen) atoms. The molecule has 6 fully saturated rings. The van der Waals surface area contributed by atoms with Crippen molar-refractivity contribution < 1.29 is 4.79 Å². The van der Waals surface area contributed by atoms with Gasteiger partial charge in [-0.25, -0.2) is 4.98 Å². The molecule has 2 aromatic rings. The van der Waals surface area contributed by atoms with Crippen LogP contribution >= 0.6 is 0 Å². The molecule has 11 atom stereocenters. The highest BCUT2D eigenvalue weighted by molar-refractivity contribution is 5.84. The Kier molecular flexibility index (Phi) is 7.80. The van der Waals surface area contributed by atoms with E-state index in [0.717, 1.165) is 73.5 Å². The Bertz CT molecular complexity index is 1620. The van der Waals surface area contributed by atoms with E-state index in [1.54, 1.807) is 0 Å². The van der Waals surface area contributed by atoms with Crippen LogP contribution in [0.1, 0.15) is 137 Å². The number of nitrogens with zero attached hydrogens (tertiary/aromatic N) is 3. The maximum atomic E-state index is 15.5. The van der Waals surface area contributed by atoms with Gasteiger partial charge in [-0.05, 0) is 141 Å². The number of hydrogen-bond donors (Lipinski definition) is 0. The lowest BCUT2D eigenvalue weighted by Crippen LogP contribution is -2.67. The van der Waals surface area contributed by atoms with Crippen LogP contribution in [-0.2, 0) is 11.8 Å². The molecule has 5 saturated carbocycles. The molecule has 1 aliphatic heterocycles. The topological polar surface area (TPSA) is 38.1 Å². The number of benzene rings is 1. The largest absolute Gasteiger partial charge is 0.336 e. The quantitative estimate of drug-likeness (QED) is 0.305. The fourth-order valence-corrected chi connectivity index (χ4v) is 14.8. The molecule has 266 valence electrons. The fraction of sp³-hybridized carbons (Fsp3) is 0.733. The van der Waals surface area contributed by atoms with Gasteiger partial charge in [-0.15, -0.1) is 0 Å². The lowest BCUT2D eigenvalue weighted by molar-refractivity contribution is -0.242. The average Bonchev–Trinajstić information content (AvgIpc) is 3.81. The predicted octanol–water partition coefficient (Wildman–Crippen LogP) is 11.0. The summed E-state index contributed by atoms with van der Waals surface area (Å²) >= 11 is 0. The average molecular weight is 664 g/mol. The van der Waals surface area contributed by atoms with Crippen LogP contribution in [0.15, 0.2) is 48.7 Å². The molecule has 1 amide bonds. The summed E-state index contributed by atoms with van der Waals surface area (Å²) in [6.07, 6.45) is 16.8. The van der Waals surface area contributed by atoms with Gasteiger partial charge < -0.3 is 9.47 Å². The van der Waals surface area contributed by atoms with Crippen molar-refractivity contribution in [2.45, 2.75) is 132 Å². The van der Waals surface area contributed by atoms with Crippen molar-refractivity contribution in [3.8, 4) is 11.3 Å². The van der Waals surface area contributed by atoms with Gasteiger partial charge in [0, 0.05) is 25.4 Å². The maximum Gasteiger partial charge on any atom is 0.229 e. The van der Waals surface area contributed by atoms with E-state index in [-0.39, 0.29) is 16.9 Å². The molecule has 2 heterocycles. The summed E-state index contributed by atoms with van der Waals surface area (Å²) in [5, 5.41) is 0. The second kappa shape index (κ2) is 11.3. The first-order valence-electron chi connectivity index (χ1n) is 20.2. The van der Waals surface area contributed by atoms with Crippen LogP contribution in [-0.4, -0.2) is 26.9 Å². The number of imidazole rings is 1. The summed E-state index contributed by atoms with van der Waals surface area (Å²) in [7, 11) is 2.12. The molecule has 1 aromatic carbocycles. The highest BCUT2D eigenvalue weighted by Crippen LogP contribution is 2.78. The molecule has 8 rings (SSSR count). The molecule has 0 bridgehead atoms. The number of carbonyl (C=O) groups excluding carboxylic acids is 1. The minimum atomic E-state index is -0.267. The van der Waals surface area contributed by atoms with Crippen LogP contribution in [0, 0.1) is 62.6 Å². The second-order valence-corrected chi connectivity index (χ2v) is 19.7. The summed E-state index contributed by atoms with van der Waals surface area (Å²) in [4.78, 5) is 23.0. The van der Waals surface area contributed by atoms with Crippen LogP contribution in [0.2, 0.25) is 0 Å². The SMILES string of the molecule is C=C(C)[C@@H]1CC[C@]2(C(=O)N3CCC[C@H]3c3nc(-c4ccccc4)cn3C)CC[C@]3(C)[C@H](CC[C@@H]4[C@@]5(C)CC[C@H](C)C(C)(C)[C@@H]5CC[C@]43C)[C@@H]12. The van der Waals surface area contributed by atoms with Crippen LogP contribution in [0.25, 0.3) is 11.3 Å². The number of carbonyl (C=O) groups is 1. The summed E-state index contributed by atoms with van der Waals surface area (Å²) in [6, 6.07) is 10.6. The minimum absolute atomic E-state index is 0.0581. The molecule has 4 heteroatoms. The van der Waals surface area contributed by atoms with Gasteiger partial charge in [-0.3, -0.25) is 4.79 Å². The van der Waals surface area contributed by atoms with E-state index in [1.807, 2.05) is 0 Å². The maximum absolute atomic E-state index is 15.5. The Hall–Kier alpha value is -2.36. The van der Waals surface area contributed by atoms with E-state index in [4.69, 9.17) is 4.98 Å². The lowest BCUT2D eigenvalue weighted by atomic mass is 9.32. The molecule has 1 saturated heterocycles. The summed E-state index contributed by atoms with van der Waals surface area (Å²) in [5.41, 5.74) is 4.63. The van der Waals surface area contributed by atoms with Gasteiger partial charge in [0.25, 0.3) is 0 Å². The van der Waals surface area contributed by atoms with Gasteiger partial charge in [0.1, 0.15) is 5.82 Å². The van der Waals surface area contributed by atoms with Gasteiger partial charge in [-0.1, -0.05) is 84.0 Å². The number of amides is 1. The van der Waals surface area contributed by atoms with Gasteiger partial charge in [0.15, 0.2) is 0 Å². The number of aryl methyl sites for hydroxylation is 1. The van der Waals surface area contributed by atoms with Crippen molar-refractivity contribution in [3.63, 3.8) is 0 Å². The first-order chi connectivity index (χ1) is 23.2. The fourth-order valence-electron chi connectivity index (χ4n) is 14.8. The van der Waals surface area contributed by atoms with Crippen molar-refractivity contribution in [1.29, 1.82) is 0 Å². The molecule has 0 spiro atoms. The summed E-state index contributed by atoms with van der Waals surface area (Å²) in [5.74, 6) is 5.37. The Morgan fingerprint density at radius 3 is 2.35 bits per heavy atom. The lowest BCUT2D eigenvalue weighted by Gasteiger charge is -2.73. The van der Waals surface area contributed by atoms with Crippen LogP contribution in [0.4, 0.5) is 0 Å². The second-order valence-electron chi connectivity index (χ2n) is 19.7. The van der Waals surface area contributed by atoms with E-state index in [2.05, 4.69) is 108 Å². The van der Waals surface area contributed by atoms with Gasteiger partial charge in [0.05, 0.1) is 17.2 Å². The van der Waals surface area contributed by atoms with Crippen LogP contribution in [0.5, 0.6) is 0 Å². The van der Waals surface area contributed by atoms with Crippen molar-refractivity contribution in [2.24, 2.45) is 69.6 Å². The summed E-state index contributed by atoms with van der Waals surface area (Å²) < 4.78 is 2.20. The molecular weight excluding hydrogens is 599 g/mol. The first kappa shape index (κ1) is 33.8. The number of hydrogen-bond acceptors (Lipinski definition) is 2. The Labute approximate surface area is 297 Å². The zero-order chi connectivity index (χ0) is 34.7. The molecule has 0 N–H and O–H groups in total. The van der Waals surface area contributed by atoms with Gasteiger partial charge in [0.2, 0.25) is 5.91 Å². The van der Waals surface area contributed by atoms with Gasteiger partial charge >= 0.3 is 0 Å². The van der Waals surface area contributed by atoms with Gasteiger partial charge in [-0.2, -0.15) is 0 Å². The normalized spacial score (nSPS) is 44.1. The standard InChI is InChI=1S/C45H65N3O/c1-29(2)32-20-24-45(40(49)48-27-13-16-35(48)39-46-34(28-47(39)9)31-14-11-10-12-15-31)26-25-43(7)33(38(32)45)17-18-37-42(6)22-19-30(3)41(4,5)36(42)21-23-44(37,43)8/h10-12,14-15,28,30,32-33,35-38H,1,13,16-27H2,2-9H3/t30-,32-,33+,35-,36-,37+,38+,42-,43+,44+,45-/m0/s1. The molecule has 0 unspecified atom stereocenters. The predicted molar refractivity (Wildman–Crippen MR) is 200 cm³/mol. The zero-order valence-electron chi connectivity index (χ0n) is 32.2. The van der Waals surface area contributed by atoms with E-state index in [0.29, 0.717) is 39.9 Å². The van der Waals surface area contributed by atoms with E-state index < -0.39 is 0 Å². The molecule has 4 nitrogen and oxygen atoms in total. The first-order valence-corrected chi connectivity index (χ1v) is 20.2. The molecule has 0 radical (unpaired) electrons. The van der Waals surface area contributed by atoms with Crippen LogP contribution in [0.3, 0.4) is 0 Å². The molecule has 5 aliphatic carbocycles. The van der Waals surface area contributed by atoms with E-state index in [1.165, 1.54) is 50.5 Å². The monoisotopic (exact) mass is 664 g/mol. The third-order valence-corrected chi connectivity index (χ3v) is 17.8. The minimum Gasteiger partial charge on any atom is -0.336 e. The summed E-state index contributed by atoms with van der Waals surface area (Å²) in [6.45, 7) is 23.7. The number of aromatic nitrogens is 2. The van der Waals surface area contributed by atoms with E-state index >= 15 is 4.79 Å². The van der Waals surface area contributed by atoms with Crippen molar-refractivity contribution in [2.75, 3.05) is 6.54 Å². The number of fused-ring (bicyclic) bond motifs is 7. The number of allylic oxidation sites excluding steroid dienone is 1. The number of likely N-dealkylation sites (tertiary alicyclic amines) is 1. The highest BCUT2D eigenvalue weighted by Gasteiger charge is 2.72. The molecule has 1 aromatic heterocycles. The van der Waals surface area contributed by atoms with Crippen molar-refractivity contribution >= 4 is 5.91 Å². The Balaban J connectivity index is 1.13. The Morgan fingerprint density at radius 1 is 0.857 bits per heavy atom.